The van der Waals surface area contributed by atoms with E-state index >= 15 is 0 Å². The molecule has 2 N–H and O–H groups in total. The molecule has 106 valence electrons. The molecule has 0 radical (unpaired) electrons. The van der Waals surface area contributed by atoms with Gasteiger partial charge in [0.2, 0.25) is 0 Å². The summed E-state index contributed by atoms with van der Waals surface area (Å²) in [5.74, 6) is 1.54. The van der Waals surface area contributed by atoms with Crippen molar-refractivity contribution in [3.63, 3.8) is 0 Å². The Morgan fingerprint density at radius 3 is 2.55 bits per heavy atom. The van der Waals surface area contributed by atoms with Crippen LogP contribution in [0.25, 0.3) is 0 Å². The van der Waals surface area contributed by atoms with Crippen molar-refractivity contribution in [3.05, 3.63) is 47.3 Å². The van der Waals surface area contributed by atoms with Crippen LogP contribution in [0.2, 0.25) is 0 Å². The van der Waals surface area contributed by atoms with E-state index in [4.69, 9.17) is 10.5 Å². The topological polar surface area (TPSA) is 61.0 Å². The highest BCUT2D eigenvalue weighted by Gasteiger charge is 2.13. The number of aryl methyl sites for hydroxylation is 2. The molecule has 0 saturated carbocycles. The molecule has 0 saturated heterocycles. The molecule has 0 aliphatic carbocycles. The minimum atomic E-state index is -0.111. The molecule has 2 aromatic rings. The highest BCUT2D eigenvalue weighted by atomic mass is 32.2. The molecule has 20 heavy (non-hydrogen) atoms. The van der Waals surface area contributed by atoms with E-state index < -0.39 is 0 Å². The first-order valence-electron chi connectivity index (χ1n) is 6.41. The number of nitrogens with zero attached hydrogens (tertiary/aromatic N) is 2. The molecule has 0 spiro atoms. The number of rotatable bonds is 5. The van der Waals surface area contributed by atoms with Gasteiger partial charge >= 0.3 is 0 Å². The van der Waals surface area contributed by atoms with E-state index in [0.29, 0.717) is 5.75 Å². The number of hydrogen-bond donors (Lipinski definition) is 1. The van der Waals surface area contributed by atoms with Gasteiger partial charge in [-0.2, -0.15) is 0 Å². The number of methoxy groups -OCH3 is 1. The first-order valence-corrected chi connectivity index (χ1v) is 7.40. The van der Waals surface area contributed by atoms with E-state index in [1.165, 1.54) is 5.56 Å². The highest BCUT2D eigenvalue weighted by Crippen LogP contribution is 2.28. The number of benzene rings is 1. The lowest BCUT2D eigenvalue weighted by Gasteiger charge is -2.15. The predicted octanol–water partition coefficient (Wildman–Crippen LogP) is 2.89. The standard InChI is InChI=1S/C15H19N3OS/c1-10-4-5-14(19-3)12(6-10)13(16)9-20-15-17-7-11(2)8-18-15/h4-8,13H,9,16H2,1-3H3. The minimum Gasteiger partial charge on any atom is -0.496 e. The molecule has 2 rings (SSSR count). The van der Waals surface area contributed by atoms with Crippen molar-refractivity contribution in [2.24, 2.45) is 5.73 Å². The molecule has 1 aromatic carbocycles. The second kappa shape index (κ2) is 6.72. The van der Waals surface area contributed by atoms with Crippen molar-refractivity contribution in [2.45, 2.75) is 25.0 Å². The summed E-state index contributed by atoms with van der Waals surface area (Å²) in [4.78, 5) is 8.54. The third-order valence-corrected chi connectivity index (χ3v) is 3.93. The normalized spacial score (nSPS) is 12.2. The second-order valence-electron chi connectivity index (χ2n) is 4.71. The molecule has 1 atom stereocenters. The van der Waals surface area contributed by atoms with Crippen LogP contribution >= 0.6 is 11.8 Å². The van der Waals surface area contributed by atoms with Crippen LogP contribution in [0.1, 0.15) is 22.7 Å². The van der Waals surface area contributed by atoms with Crippen molar-refractivity contribution >= 4 is 11.8 Å². The van der Waals surface area contributed by atoms with E-state index in [9.17, 15) is 0 Å². The number of aromatic nitrogens is 2. The molecule has 0 bridgehead atoms. The van der Waals surface area contributed by atoms with Crippen LogP contribution in [0.5, 0.6) is 5.75 Å². The molecule has 0 aliphatic rings. The van der Waals surface area contributed by atoms with Crippen molar-refractivity contribution in [3.8, 4) is 5.75 Å². The summed E-state index contributed by atoms with van der Waals surface area (Å²) in [6.45, 7) is 4.02. The highest BCUT2D eigenvalue weighted by molar-refractivity contribution is 7.99. The SMILES string of the molecule is COc1ccc(C)cc1C(N)CSc1ncc(C)cn1. The summed E-state index contributed by atoms with van der Waals surface area (Å²) in [6.07, 6.45) is 3.63. The third-order valence-electron chi connectivity index (χ3n) is 2.93. The van der Waals surface area contributed by atoms with E-state index in [2.05, 4.69) is 16.0 Å². The molecule has 1 aromatic heterocycles. The van der Waals surface area contributed by atoms with Crippen LogP contribution in [-0.4, -0.2) is 22.8 Å². The van der Waals surface area contributed by atoms with Crippen molar-refractivity contribution in [2.75, 3.05) is 12.9 Å². The summed E-state index contributed by atoms with van der Waals surface area (Å²) < 4.78 is 5.37. The Kier molecular flexibility index (Phi) is 4.98. The molecule has 0 aliphatic heterocycles. The lowest BCUT2D eigenvalue weighted by atomic mass is 10.1. The average Bonchev–Trinajstić information content (AvgIpc) is 2.46. The monoisotopic (exact) mass is 289 g/mol. The van der Waals surface area contributed by atoms with E-state index in [-0.39, 0.29) is 6.04 Å². The van der Waals surface area contributed by atoms with Crippen LogP contribution in [0.3, 0.4) is 0 Å². The van der Waals surface area contributed by atoms with Gasteiger partial charge in [0, 0.05) is 29.8 Å². The Hall–Kier alpha value is -1.59. The Morgan fingerprint density at radius 2 is 1.90 bits per heavy atom. The van der Waals surface area contributed by atoms with Crippen LogP contribution in [0, 0.1) is 13.8 Å². The Labute approximate surface area is 123 Å². The molecule has 1 heterocycles. The molecule has 1 unspecified atom stereocenters. The quantitative estimate of drug-likeness (QED) is 0.677. The second-order valence-corrected chi connectivity index (χ2v) is 5.69. The Bertz CT molecular complexity index is 572. The summed E-state index contributed by atoms with van der Waals surface area (Å²) in [5.41, 5.74) is 9.51. The van der Waals surface area contributed by atoms with Crippen LogP contribution in [-0.2, 0) is 0 Å². The Balaban J connectivity index is 2.06. The first-order chi connectivity index (χ1) is 9.60. The maximum absolute atomic E-state index is 6.26. The van der Waals surface area contributed by atoms with Gasteiger partial charge in [0.1, 0.15) is 5.75 Å². The molecule has 0 amide bonds. The molecule has 0 fully saturated rings. The van der Waals surface area contributed by atoms with Crippen LogP contribution in [0.4, 0.5) is 0 Å². The van der Waals surface area contributed by atoms with E-state index in [1.807, 2.05) is 38.4 Å². The fourth-order valence-corrected chi connectivity index (χ4v) is 2.62. The van der Waals surface area contributed by atoms with E-state index in [0.717, 1.165) is 22.0 Å². The average molecular weight is 289 g/mol. The van der Waals surface area contributed by atoms with E-state index in [1.54, 1.807) is 18.9 Å². The van der Waals surface area contributed by atoms with Gasteiger partial charge in [0.15, 0.2) is 5.16 Å². The smallest absolute Gasteiger partial charge is 0.187 e. The largest absolute Gasteiger partial charge is 0.496 e. The van der Waals surface area contributed by atoms with Gasteiger partial charge in [0.05, 0.1) is 7.11 Å². The molecular weight excluding hydrogens is 270 g/mol. The predicted molar refractivity (Wildman–Crippen MR) is 82.2 cm³/mol. The molecular formula is C15H19N3OS. The Morgan fingerprint density at radius 1 is 1.20 bits per heavy atom. The zero-order chi connectivity index (χ0) is 14.5. The minimum absolute atomic E-state index is 0.111. The van der Waals surface area contributed by atoms with Crippen molar-refractivity contribution in [1.29, 1.82) is 0 Å². The van der Waals surface area contributed by atoms with Crippen LogP contribution in [0.15, 0.2) is 35.7 Å². The maximum Gasteiger partial charge on any atom is 0.187 e. The van der Waals surface area contributed by atoms with Gasteiger partial charge in [0.25, 0.3) is 0 Å². The zero-order valence-electron chi connectivity index (χ0n) is 12.0. The third kappa shape index (κ3) is 3.71. The van der Waals surface area contributed by atoms with Gasteiger partial charge < -0.3 is 10.5 Å². The number of ether oxygens (including phenoxy) is 1. The number of nitrogens with two attached hydrogens (primary N) is 1. The fraction of sp³-hybridized carbons (Fsp3) is 0.333. The van der Waals surface area contributed by atoms with Gasteiger partial charge in [-0.25, -0.2) is 9.97 Å². The maximum atomic E-state index is 6.26. The lowest BCUT2D eigenvalue weighted by Crippen LogP contribution is -2.14. The summed E-state index contributed by atoms with van der Waals surface area (Å²) in [6, 6.07) is 5.93. The molecule has 4 nitrogen and oxygen atoms in total. The summed E-state index contributed by atoms with van der Waals surface area (Å²) in [5, 5.41) is 0.748. The first kappa shape index (κ1) is 14.8. The van der Waals surface area contributed by atoms with Crippen molar-refractivity contribution < 1.29 is 4.74 Å². The van der Waals surface area contributed by atoms with Crippen LogP contribution < -0.4 is 10.5 Å². The van der Waals surface area contributed by atoms with Gasteiger partial charge in [-0.3, -0.25) is 0 Å². The van der Waals surface area contributed by atoms with Gasteiger partial charge in [-0.1, -0.05) is 29.5 Å². The van der Waals surface area contributed by atoms with Crippen molar-refractivity contribution in [1.82, 2.24) is 9.97 Å². The lowest BCUT2D eigenvalue weighted by molar-refractivity contribution is 0.407. The number of thioether (sulfide) groups is 1. The number of hydrogen-bond acceptors (Lipinski definition) is 5. The summed E-state index contributed by atoms with van der Waals surface area (Å²) in [7, 11) is 1.66. The summed E-state index contributed by atoms with van der Waals surface area (Å²) >= 11 is 1.55. The van der Waals surface area contributed by atoms with Gasteiger partial charge in [-0.05, 0) is 25.5 Å². The zero-order valence-corrected chi connectivity index (χ0v) is 12.8. The molecule has 5 heteroatoms. The van der Waals surface area contributed by atoms with Gasteiger partial charge in [-0.15, -0.1) is 0 Å². The fourth-order valence-electron chi connectivity index (χ4n) is 1.85.